The van der Waals surface area contributed by atoms with Crippen molar-refractivity contribution in [2.45, 2.75) is 18.4 Å². The number of carboxylic acids is 1. The molecule has 206 valence electrons. The first-order valence-electron chi connectivity index (χ1n) is 13.1. The number of benzene rings is 3. The molecule has 0 bridgehead atoms. The molecule has 41 heavy (non-hydrogen) atoms. The highest BCUT2D eigenvalue weighted by molar-refractivity contribution is 6.30. The van der Waals surface area contributed by atoms with Crippen molar-refractivity contribution in [2.75, 3.05) is 13.7 Å². The molecule has 1 unspecified atom stereocenters. The van der Waals surface area contributed by atoms with Crippen molar-refractivity contribution in [2.24, 2.45) is 0 Å². The van der Waals surface area contributed by atoms with Crippen LogP contribution in [0, 0.1) is 0 Å². The van der Waals surface area contributed by atoms with Gasteiger partial charge in [0.25, 0.3) is 0 Å². The maximum atomic E-state index is 13.0. The first kappa shape index (κ1) is 26.4. The summed E-state index contributed by atoms with van der Waals surface area (Å²) < 4.78 is 12.6. The number of halogens is 1. The van der Waals surface area contributed by atoms with Crippen molar-refractivity contribution in [3.63, 3.8) is 0 Å². The zero-order valence-electron chi connectivity index (χ0n) is 22.1. The fourth-order valence-electron chi connectivity index (χ4n) is 5.42. The third kappa shape index (κ3) is 5.10. The molecule has 0 aliphatic heterocycles. The van der Waals surface area contributed by atoms with Crippen LogP contribution in [0.4, 0.5) is 4.79 Å². The number of nitrogens with zero attached hydrogens (tertiary/aromatic N) is 2. The molecule has 2 heterocycles. The van der Waals surface area contributed by atoms with Crippen LogP contribution in [0.25, 0.3) is 28.0 Å². The largest absolute Gasteiger partial charge is 0.497 e. The van der Waals surface area contributed by atoms with Gasteiger partial charge in [0, 0.05) is 24.1 Å². The summed E-state index contributed by atoms with van der Waals surface area (Å²) >= 11 is 6.27. The first-order chi connectivity index (χ1) is 19.9. The van der Waals surface area contributed by atoms with E-state index in [9.17, 15) is 14.7 Å². The highest BCUT2D eigenvalue weighted by Gasteiger charge is 2.30. The summed E-state index contributed by atoms with van der Waals surface area (Å²) in [5.41, 5.74) is 6.89. The molecule has 3 aromatic carbocycles. The number of fused-ring (bicyclic) bond motifs is 4. The van der Waals surface area contributed by atoms with Crippen LogP contribution in [0.1, 0.15) is 22.7 Å². The fourth-order valence-corrected chi connectivity index (χ4v) is 5.58. The second-order valence-corrected chi connectivity index (χ2v) is 10.2. The summed E-state index contributed by atoms with van der Waals surface area (Å²) in [5, 5.41) is 13.1. The molecule has 2 N–H and O–H groups in total. The first-order valence-corrected chi connectivity index (χ1v) is 13.5. The maximum Gasteiger partial charge on any atom is 0.407 e. The van der Waals surface area contributed by atoms with Crippen LogP contribution in [0.15, 0.2) is 91.1 Å². The summed E-state index contributed by atoms with van der Waals surface area (Å²) in [5.74, 6) is -0.655. The standard InChI is InChI=1S/C32H26ClN3O5/c1-40-21-13-10-19(11-14-21)30-28(36-17-20(33)12-15-29(36)35-30)16-27(31(37)38)34-32(39)41-18-26-24-8-4-2-6-22(24)23-7-3-5-9-25(23)26/h2-15,17,26-27H,16,18H2,1H3,(H,34,39)(H,37,38). The topological polar surface area (TPSA) is 102 Å². The Kier molecular flexibility index (Phi) is 7.07. The molecule has 0 saturated heterocycles. The third-order valence-corrected chi connectivity index (χ3v) is 7.60. The molecule has 1 atom stereocenters. The fraction of sp³-hybridized carbons (Fsp3) is 0.156. The number of aliphatic carboxylic acids is 1. The van der Waals surface area contributed by atoms with Crippen molar-refractivity contribution < 1.29 is 24.2 Å². The normalized spacial score (nSPS) is 12.9. The predicted molar refractivity (Wildman–Crippen MR) is 156 cm³/mol. The zero-order chi connectivity index (χ0) is 28.5. The number of pyridine rings is 1. The van der Waals surface area contributed by atoms with E-state index in [-0.39, 0.29) is 18.9 Å². The lowest BCUT2D eigenvalue weighted by Crippen LogP contribution is -2.43. The average molecular weight is 568 g/mol. The summed E-state index contributed by atoms with van der Waals surface area (Å²) in [6.07, 6.45) is 0.818. The Hall–Kier alpha value is -4.82. The molecule has 0 fully saturated rings. The van der Waals surface area contributed by atoms with Gasteiger partial charge in [0.1, 0.15) is 24.0 Å². The number of rotatable bonds is 8. The monoisotopic (exact) mass is 567 g/mol. The molecule has 9 heteroatoms. The molecule has 5 aromatic rings. The van der Waals surface area contributed by atoms with Crippen LogP contribution in [0.2, 0.25) is 5.02 Å². The van der Waals surface area contributed by atoms with Gasteiger partial charge in [-0.25, -0.2) is 14.6 Å². The van der Waals surface area contributed by atoms with E-state index in [1.54, 1.807) is 42.0 Å². The second-order valence-electron chi connectivity index (χ2n) is 9.78. The van der Waals surface area contributed by atoms with Crippen LogP contribution in [0.3, 0.4) is 0 Å². The van der Waals surface area contributed by atoms with E-state index in [4.69, 9.17) is 26.1 Å². The van der Waals surface area contributed by atoms with E-state index in [1.807, 2.05) is 48.5 Å². The van der Waals surface area contributed by atoms with Gasteiger partial charge in [0.15, 0.2) is 0 Å². The SMILES string of the molecule is COc1ccc(-c2nc3ccc(Cl)cn3c2CC(NC(=O)OCC2c3ccccc3-c3ccccc32)C(=O)O)cc1. The number of alkyl carbamates (subject to hydrolysis) is 1. The highest BCUT2D eigenvalue weighted by Crippen LogP contribution is 2.44. The molecule has 1 amide bonds. The molecule has 1 aliphatic carbocycles. The molecule has 0 radical (unpaired) electrons. The molecule has 8 nitrogen and oxygen atoms in total. The summed E-state index contributed by atoms with van der Waals surface area (Å²) in [4.78, 5) is 30.0. The van der Waals surface area contributed by atoms with E-state index in [0.717, 1.165) is 27.8 Å². The molecular formula is C32H26ClN3O5. The Morgan fingerprint density at radius 3 is 2.27 bits per heavy atom. The Morgan fingerprint density at radius 1 is 0.976 bits per heavy atom. The number of carbonyl (C=O) groups is 2. The van der Waals surface area contributed by atoms with Gasteiger partial charge in [-0.2, -0.15) is 0 Å². The van der Waals surface area contributed by atoms with Crippen molar-refractivity contribution in [3.8, 4) is 28.1 Å². The van der Waals surface area contributed by atoms with Gasteiger partial charge < -0.3 is 24.3 Å². The van der Waals surface area contributed by atoms with E-state index < -0.39 is 18.1 Å². The number of carbonyl (C=O) groups excluding carboxylic acids is 1. The Labute approximate surface area is 241 Å². The quantitative estimate of drug-likeness (QED) is 0.231. The van der Waals surface area contributed by atoms with Crippen LogP contribution >= 0.6 is 11.6 Å². The zero-order valence-corrected chi connectivity index (χ0v) is 22.8. The van der Waals surface area contributed by atoms with Gasteiger partial charge >= 0.3 is 12.1 Å². The maximum absolute atomic E-state index is 13.0. The molecule has 1 aliphatic rings. The van der Waals surface area contributed by atoms with E-state index in [0.29, 0.717) is 27.8 Å². The number of imidazole rings is 1. The minimum absolute atomic E-state index is 0.0532. The van der Waals surface area contributed by atoms with Crippen LogP contribution in [-0.2, 0) is 16.0 Å². The van der Waals surface area contributed by atoms with E-state index in [1.165, 1.54) is 0 Å². The van der Waals surface area contributed by atoms with Gasteiger partial charge in [-0.15, -0.1) is 0 Å². The number of hydrogen-bond donors (Lipinski definition) is 2. The molecule has 6 rings (SSSR count). The number of methoxy groups -OCH3 is 1. The number of carboxylic acid groups (broad SMARTS) is 1. The lowest BCUT2D eigenvalue weighted by atomic mass is 9.98. The van der Waals surface area contributed by atoms with Gasteiger partial charge in [-0.1, -0.05) is 60.1 Å². The van der Waals surface area contributed by atoms with Crippen LogP contribution in [0.5, 0.6) is 5.75 Å². The minimum Gasteiger partial charge on any atom is -0.497 e. The van der Waals surface area contributed by atoms with Gasteiger partial charge in [-0.3, -0.25) is 0 Å². The Bertz CT molecular complexity index is 1720. The molecular weight excluding hydrogens is 542 g/mol. The van der Waals surface area contributed by atoms with Gasteiger partial charge in [-0.05, 0) is 58.7 Å². The second kappa shape index (κ2) is 11.0. The average Bonchev–Trinajstić information content (AvgIpc) is 3.51. The smallest absolute Gasteiger partial charge is 0.407 e. The van der Waals surface area contributed by atoms with Crippen molar-refractivity contribution in [1.29, 1.82) is 0 Å². The third-order valence-electron chi connectivity index (χ3n) is 7.38. The molecule has 2 aromatic heterocycles. The Morgan fingerprint density at radius 2 is 1.63 bits per heavy atom. The number of aromatic nitrogens is 2. The number of nitrogens with one attached hydrogen (secondary N) is 1. The van der Waals surface area contributed by atoms with Crippen molar-refractivity contribution in [3.05, 3.63) is 113 Å². The van der Waals surface area contributed by atoms with Gasteiger partial charge in [0.05, 0.1) is 23.5 Å². The van der Waals surface area contributed by atoms with E-state index in [2.05, 4.69) is 17.4 Å². The summed E-state index contributed by atoms with van der Waals surface area (Å²) in [6, 6.07) is 25.5. The highest BCUT2D eigenvalue weighted by atomic mass is 35.5. The number of amides is 1. The summed E-state index contributed by atoms with van der Waals surface area (Å²) in [6.45, 7) is 0.0779. The molecule has 0 spiro atoms. The lowest BCUT2D eigenvalue weighted by Gasteiger charge is -2.18. The minimum atomic E-state index is -1.28. The number of ether oxygens (including phenoxy) is 2. The number of hydrogen-bond acceptors (Lipinski definition) is 5. The molecule has 0 saturated carbocycles. The van der Waals surface area contributed by atoms with Crippen LogP contribution in [-0.4, -0.2) is 46.3 Å². The summed E-state index contributed by atoms with van der Waals surface area (Å²) in [7, 11) is 1.58. The van der Waals surface area contributed by atoms with Gasteiger partial charge in [0.2, 0.25) is 0 Å². The van der Waals surface area contributed by atoms with Crippen molar-refractivity contribution in [1.82, 2.24) is 14.7 Å². The lowest BCUT2D eigenvalue weighted by molar-refractivity contribution is -0.139. The van der Waals surface area contributed by atoms with E-state index >= 15 is 0 Å². The van der Waals surface area contributed by atoms with Crippen molar-refractivity contribution >= 4 is 29.3 Å². The predicted octanol–water partition coefficient (Wildman–Crippen LogP) is 6.20. The Balaban J connectivity index is 1.24. The van der Waals surface area contributed by atoms with Crippen LogP contribution < -0.4 is 10.1 Å².